The first-order valence-electron chi connectivity index (χ1n) is 8.06. The number of carbonyl (C=O) groups excluding carboxylic acids is 2. The molecule has 0 spiro atoms. The highest BCUT2D eigenvalue weighted by molar-refractivity contribution is 7.99. The highest BCUT2D eigenvalue weighted by atomic mass is 32.2. The summed E-state index contributed by atoms with van der Waals surface area (Å²) in [6, 6.07) is 2.56. The molecule has 0 bridgehead atoms. The predicted octanol–water partition coefficient (Wildman–Crippen LogP) is 2.44. The molecular weight excluding hydrogens is 399 g/mol. The highest BCUT2D eigenvalue weighted by Gasteiger charge is 2.30. The van der Waals surface area contributed by atoms with E-state index < -0.39 is 30.0 Å². The topological polar surface area (TPSA) is 94.0 Å². The molecule has 28 heavy (non-hydrogen) atoms. The zero-order valence-corrected chi connectivity index (χ0v) is 16.2. The standard InChI is InChI=1S/C17H18F3N3O4S/c1-9-4-12(10(2)23(9)8-17(18,19)20)13(24)7-28-16-21-11(5-14(25)22-16)6-15(26)27-3/h4-5H,6-8H2,1-3H3,(H,21,22,25). The van der Waals surface area contributed by atoms with Crippen molar-refractivity contribution in [1.29, 1.82) is 0 Å². The number of hydrogen-bond donors (Lipinski definition) is 1. The van der Waals surface area contributed by atoms with Crippen molar-refractivity contribution in [2.45, 2.75) is 38.1 Å². The molecule has 0 saturated carbocycles. The van der Waals surface area contributed by atoms with Crippen molar-refractivity contribution < 1.29 is 27.5 Å². The molecule has 0 aliphatic rings. The number of esters is 1. The number of rotatable bonds is 7. The second-order valence-electron chi connectivity index (χ2n) is 5.99. The van der Waals surface area contributed by atoms with E-state index in [1.807, 2.05) is 0 Å². The van der Waals surface area contributed by atoms with Crippen LogP contribution in [-0.2, 0) is 22.5 Å². The van der Waals surface area contributed by atoms with E-state index >= 15 is 0 Å². The van der Waals surface area contributed by atoms with Gasteiger partial charge in [-0.2, -0.15) is 13.2 Å². The van der Waals surface area contributed by atoms with Crippen molar-refractivity contribution in [3.63, 3.8) is 0 Å². The van der Waals surface area contributed by atoms with Crippen LogP contribution >= 0.6 is 11.8 Å². The Hall–Kier alpha value is -2.56. The van der Waals surface area contributed by atoms with E-state index in [2.05, 4.69) is 14.7 Å². The minimum Gasteiger partial charge on any atom is -0.469 e. The van der Waals surface area contributed by atoms with Crippen LogP contribution in [0.1, 0.15) is 27.4 Å². The van der Waals surface area contributed by atoms with Crippen LogP contribution in [0.15, 0.2) is 22.1 Å². The van der Waals surface area contributed by atoms with Crippen molar-refractivity contribution in [3.05, 3.63) is 45.1 Å². The van der Waals surface area contributed by atoms with Gasteiger partial charge in [0.15, 0.2) is 10.9 Å². The van der Waals surface area contributed by atoms with Gasteiger partial charge in [0.1, 0.15) is 6.54 Å². The summed E-state index contributed by atoms with van der Waals surface area (Å²) in [6.45, 7) is 1.78. The lowest BCUT2D eigenvalue weighted by molar-refractivity contribution is -0.141. The van der Waals surface area contributed by atoms with E-state index in [0.29, 0.717) is 5.69 Å². The van der Waals surface area contributed by atoms with Gasteiger partial charge in [-0.15, -0.1) is 0 Å². The summed E-state index contributed by atoms with van der Waals surface area (Å²) in [5, 5.41) is 0.129. The molecule has 0 amide bonds. The molecule has 0 atom stereocenters. The average Bonchev–Trinajstić information content (AvgIpc) is 2.86. The number of hydrogen-bond acceptors (Lipinski definition) is 6. The van der Waals surface area contributed by atoms with Crippen LogP contribution < -0.4 is 5.56 Å². The number of aromatic nitrogens is 3. The Kier molecular flexibility index (Phi) is 6.70. The molecule has 11 heteroatoms. The van der Waals surface area contributed by atoms with Crippen LogP contribution in [0, 0.1) is 13.8 Å². The summed E-state index contributed by atoms with van der Waals surface area (Å²) in [4.78, 5) is 42.0. The van der Waals surface area contributed by atoms with Crippen LogP contribution in [0.4, 0.5) is 13.2 Å². The number of carbonyl (C=O) groups is 2. The van der Waals surface area contributed by atoms with Gasteiger partial charge in [-0.25, -0.2) is 4.98 Å². The smallest absolute Gasteiger partial charge is 0.406 e. The van der Waals surface area contributed by atoms with E-state index in [1.165, 1.54) is 27.0 Å². The second kappa shape index (κ2) is 8.63. The molecule has 152 valence electrons. The van der Waals surface area contributed by atoms with Crippen molar-refractivity contribution in [1.82, 2.24) is 14.5 Å². The van der Waals surface area contributed by atoms with Crippen LogP contribution in [-0.4, -0.2) is 45.3 Å². The number of Topliss-reactive ketones (excluding diaryl/α,β-unsaturated/α-hetero) is 1. The average molecular weight is 417 g/mol. The molecule has 0 fully saturated rings. The van der Waals surface area contributed by atoms with Crippen molar-refractivity contribution in [2.75, 3.05) is 12.9 Å². The number of methoxy groups -OCH3 is 1. The Bertz CT molecular complexity index is 950. The van der Waals surface area contributed by atoms with Gasteiger partial charge in [0.2, 0.25) is 0 Å². The fraction of sp³-hybridized carbons (Fsp3) is 0.412. The second-order valence-corrected chi connectivity index (χ2v) is 6.96. The van der Waals surface area contributed by atoms with Gasteiger partial charge >= 0.3 is 12.1 Å². The summed E-state index contributed by atoms with van der Waals surface area (Å²) in [5.41, 5.74) is 0.430. The van der Waals surface area contributed by atoms with Gasteiger partial charge in [-0.05, 0) is 19.9 Å². The Morgan fingerprint density at radius 1 is 1.29 bits per heavy atom. The molecule has 2 aromatic rings. The number of H-pyrrole nitrogens is 1. The number of aryl methyl sites for hydroxylation is 1. The normalized spacial score (nSPS) is 11.5. The highest BCUT2D eigenvalue weighted by Crippen LogP contribution is 2.24. The van der Waals surface area contributed by atoms with Crippen LogP contribution in [0.3, 0.4) is 0 Å². The van der Waals surface area contributed by atoms with Crippen molar-refractivity contribution in [2.24, 2.45) is 0 Å². The van der Waals surface area contributed by atoms with Crippen molar-refractivity contribution >= 4 is 23.5 Å². The third kappa shape index (κ3) is 5.72. The summed E-state index contributed by atoms with van der Waals surface area (Å²) in [7, 11) is 1.21. The molecule has 1 N–H and O–H groups in total. The molecule has 0 aromatic carbocycles. The molecule has 0 aliphatic carbocycles. The van der Waals surface area contributed by atoms with E-state index in [4.69, 9.17) is 0 Å². The van der Waals surface area contributed by atoms with Gasteiger partial charge in [0.05, 0.1) is 25.0 Å². The SMILES string of the molecule is COC(=O)Cc1cc(=O)[nH]c(SCC(=O)c2cc(C)n(CC(F)(F)F)c2C)n1. The maximum absolute atomic E-state index is 12.7. The zero-order valence-electron chi connectivity index (χ0n) is 15.3. The number of alkyl halides is 3. The summed E-state index contributed by atoms with van der Waals surface area (Å²) < 4.78 is 43.6. The number of halogens is 3. The minimum atomic E-state index is -4.40. The monoisotopic (exact) mass is 417 g/mol. The third-order valence-electron chi connectivity index (χ3n) is 3.88. The van der Waals surface area contributed by atoms with Crippen LogP contribution in [0.25, 0.3) is 0 Å². The minimum absolute atomic E-state index is 0.129. The first kappa shape index (κ1) is 21.7. The maximum atomic E-state index is 12.7. The molecule has 0 aliphatic heterocycles. The van der Waals surface area contributed by atoms with Crippen LogP contribution in [0.2, 0.25) is 0 Å². The van der Waals surface area contributed by atoms with E-state index in [9.17, 15) is 27.6 Å². The first-order chi connectivity index (χ1) is 13.0. The van der Waals surface area contributed by atoms with Gasteiger partial charge in [-0.3, -0.25) is 14.4 Å². The lowest BCUT2D eigenvalue weighted by Gasteiger charge is -2.12. The fourth-order valence-corrected chi connectivity index (χ4v) is 3.36. The largest absolute Gasteiger partial charge is 0.469 e. The van der Waals surface area contributed by atoms with E-state index in [1.54, 1.807) is 0 Å². The number of ketones is 1. The molecule has 0 radical (unpaired) electrons. The Morgan fingerprint density at radius 2 is 1.96 bits per heavy atom. The molecule has 7 nitrogen and oxygen atoms in total. The Labute approximate surface area is 162 Å². The molecular formula is C17H18F3N3O4S. The molecule has 2 aromatic heterocycles. The molecule has 2 heterocycles. The van der Waals surface area contributed by atoms with Gasteiger partial charge in [0.25, 0.3) is 5.56 Å². The summed E-state index contributed by atoms with van der Waals surface area (Å²) >= 11 is 0.924. The van der Waals surface area contributed by atoms with Gasteiger partial charge < -0.3 is 14.3 Å². The fourth-order valence-electron chi connectivity index (χ4n) is 2.58. The number of ether oxygens (including phenoxy) is 1. The Morgan fingerprint density at radius 3 is 2.57 bits per heavy atom. The number of nitrogens with one attached hydrogen (secondary N) is 1. The Balaban J connectivity index is 2.14. The molecule has 0 saturated heterocycles. The maximum Gasteiger partial charge on any atom is 0.406 e. The lowest BCUT2D eigenvalue weighted by atomic mass is 10.2. The quantitative estimate of drug-likeness (QED) is 0.322. The zero-order chi connectivity index (χ0) is 21.1. The van der Waals surface area contributed by atoms with Crippen molar-refractivity contribution in [3.8, 4) is 0 Å². The van der Waals surface area contributed by atoms with E-state index in [-0.39, 0.29) is 34.3 Å². The number of nitrogens with zero attached hydrogens (tertiary/aromatic N) is 2. The number of thioether (sulfide) groups is 1. The predicted molar refractivity (Wildman–Crippen MR) is 95.6 cm³/mol. The number of aromatic amines is 1. The third-order valence-corrected chi connectivity index (χ3v) is 4.75. The van der Waals surface area contributed by atoms with Gasteiger partial charge in [0, 0.05) is 23.0 Å². The molecule has 2 rings (SSSR count). The van der Waals surface area contributed by atoms with E-state index in [0.717, 1.165) is 22.4 Å². The van der Waals surface area contributed by atoms with Crippen LogP contribution in [0.5, 0.6) is 0 Å². The lowest BCUT2D eigenvalue weighted by Crippen LogP contribution is -2.20. The molecule has 0 unspecified atom stereocenters. The first-order valence-corrected chi connectivity index (χ1v) is 9.05. The summed E-state index contributed by atoms with van der Waals surface area (Å²) in [5.74, 6) is -1.10. The summed E-state index contributed by atoms with van der Waals surface area (Å²) in [6.07, 6.45) is -4.59. The van der Waals surface area contributed by atoms with Gasteiger partial charge in [-0.1, -0.05) is 11.8 Å².